The van der Waals surface area contributed by atoms with Crippen LogP contribution in [0, 0.1) is 23.0 Å². The summed E-state index contributed by atoms with van der Waals surface area (Å²) in [6.07, 6.45) is 4.42. The van der Waals surface area contributed by atoms with E-state index in [9.17, 15) is 23.3 Å². The third-order valence-electron chi connectivity index (χ3n) is 5.81. The molecule has 1 saturated heterocycles. The van der Waals surface area contributed by atoms with Crippen LogP contribution in [0.25, 0.3) is 0 Å². The van der Waals surface area contributed by atoms with E-state index >= 15 is 0 Å². The number of ether oxygens (including phenoxy) is 1. The van der Waals surface area contributed by atoms with Gasteiger partial charge < -0.3 is 19.8 Å². The van der Waals surface area contributed by atoms with Gasteiger partial charge in [-0.15, -0.1) is 0 Å². The Hall–Kier alpha value is -2.99. The van der Waals surface area contributed by atoms with Gasteiger partial charge in [0.1, 0.15) is 29.1 Å². The number of methoxy groups -OCH3 is 1. The maximum absolute atomic E-state index is 13.3. The van der Waals surface area contributed by atoms with Gasteiger partial charge in [-0.25, -0.2) is 13.0 Å². The second-order valence-electron chi connectivity index (χ2n) is 8.30. The van der Waals surface area contributed by atoms with E-state index in [0.29, 0.717) is 19.0 Å². The summed E-state index contributed by atoms with van der Waals surface area (Å²) in [5.41, 5.74) is 0.720. The van der Waals surface area contributed by atoms with Crippen LogP contribution in [0.4, 0.5) is 5.95 Å². The van der Waals surface area contributed by atoms with E-state index in [1.54, 1.807) is 24.0 Å². The summed E-state index contributed by atoms with van der Waals surface area (Å²) in [7, 11) is -2.74. The third kappa shape index (κ3) is 5.88. The molecule has 1 N–H and O–H groups in total. The minimum Gasteiger partial charge on any atom is -0.495 e. The van der Waals surface area contributed by atoms with Crippen molar-refractivity contribution in [1.82, 2.24) is 19.2 Å². The van der Waals surface area contributed by atoms with Crippen molar-refractivity contribution in [2.45, 2.75) is 50.6 Å². The molecule has 1 unspecified atom stereocenters. The topological polar surface area (TPSA) is 137 Å². The molecule has 1 aromatic heterocycles. The van der Waals surface area contributed by atoms with Crippen LogP contribution in [0.1, 0.15) is 31.7 Å². The minimum absolute atomic E-state index is 0.0233. The van der Waals surface area contributed by atoms with Crippen LogP contribution in [0.5, 0.6) is 5.75 Å². The zero-order valence-corrected chi connectivity index (χ0v) is 19.7. The van der Waals surface area contributed by atoms with E-state index in [-0.39, 0.29) is 35.5 Å². The molecule has 180 valence electrons. The van der Waals surface area contributed by atoms with Crippen molar-refractivity contribution in [2.24, 2.45) is 5.92 Å². The first-order chi connectivity index (χ1) is 15.6. The zero-order valence-electron chi connectivity index (χ0n) is 18.9. The first-order valence-electron chi connectivity index (χ1n) is 10.7. The van der Waals surface area contributed by atoms with Crippen LogP contribution < -0.4 is 9.46 Å². The zero-order chi connectivity index (χ0) is 24.2. The molecular formula is C21H29N5O6S. The maximum Gasteiger partial charge on any atom is 0.434 e. The summed E-state index contributed by atoms with van der Waals surface area (Å²) in [5, 5.41) is 11.2. The number of aromatic nitrogens is 2. The van der Waals surface area contributed by atoms with Crippen molar-refractivity contribution in [1.29, 1.82) is 0 Å². The quantitative estimate of drug-likeness (QED) is 0.429. The number of piperidine rings is 1. The molecule has 1 aliphatic rings. The van der Waals surface area contributed by atoms with Gasteiger partial charge in [0.2, 0.25) is 15.9 Å². The number of nitro groups is 1. The van der Waals surface area contributed by atoms with Gasteiger partial charge in [0.05, 0.1) is 13.7 Å². The Morgan fingerprint density at radius 2 is 2.06 bits per heavy atom. The van der Waals surface area contributed by atoms with E-state index < -0.39 is 21.0 Å². The first kappa shape index (κ1) is 24.6. The average molecular weight is 480 g/mol. The molecule has 0 radical (unpaired) electrons. The van der Waals surface area contributed by atoms with Crippen LogP contribution in [0.15, 0.2) is 35.5 Å². The van der Waals surface area contributed by atoms with E-state index in [0.717, 1.165) is 18.4 Å². The Labute approximate surface area is 192 Å². The number of carbonyl (C=O) groups excluding carboxylic acids is 1. The molecule has 0 saturated carbocycles. The smallest absolute Gasteiger partial charge is 0.434 e. The Kier molecular flexibility index (Phi) is 7.69. The van der Waals surface area contributed by atoms with E-state index in [1.165, 1.54) is 30.1 Å². The van der Waals surface area contributed by atoms with Gasteiger partial charge in [0, 0.05) is 19.5 Å². The summed E-state index contributed by atoms with van der Waals surface area (Å²) in [5.74, 6) is -0.0539. The number of amides is 1. The molecule has 3 rings (SSSR count). The molecule has 11 nitrogen and oxygen atoms in total. The Bertz CT molecular complexity index is 1110. The molecule has 2 heterocycles. The monoisotopic (exact) mass is 479 g/mol. The summed E-state index contributed by atoms with van der Waals surface area (Å²) >= 11 is 0. The molecule has 1 atom stereocenters. The number of aryl methyl sites for hydroxylation is 2. The molecule has 1 amide bonds. The van der Waals surface area contributed by atoms with Gasteiger partial charge in [-0.05, 0) is 48.3 Å². The average Bonchev–Trinajstić information content (AvgIpc) is 3.25. The lowest BCUT2D eigenvalue weighted by molar-refractivity contribution is -0.396. The molecule has 0 aliphatic carbocycles. The highest BCUT2D eigenvalue weighted by Crippen LogP contribution is 2.26. The van der Waals surface area contributed by atoms with Crippen LogP contribution in [0.2, 0.25) is 0 Å². The van der Waals surface area contributed by atoms with Gasteiger partial charge in [-0.3, -0.25) is 4.79 Å². The van der Waals surface area contributed by atoms with Gasteiger partial charge in [0.15, 0.2) is 0 Å². The Morgan fingerprint density at radius 3 is 2.70 bits per heavy atom. The summed E-state index contributed by atoms with van der Waals surface area (Å²) in [6.45, 7) is 5.00. The molecule has 1 aromatic carbocycles. The van der Waals surface area contributed by atoms with Crippen molar-refractivity contribution >= 4 is 21.9 Å². The number of rotatable bonds is 9. The number of nitrogens with zero attached hydrogens (tertiary/aromatic N) is 4. The number of carbonyl (C=O) groups is 1. The largest absolute Gasteiger partial charge is 0.495 e. The van der Waals surface area contributed by atoms with Crippen molar-refractivity contribution in [3.8, 4) is 5.75 Å². The number of likely N-dealkylation sites (tertiary alicyclic amines) is 1. The SMILES string of the molecule is COc1ccc(C)cc1S(=O)(=O)NC(CCn1ccnc1[N+](=O)[O-])C(=O)N1CCC(C)CC1. The number of benzene rings is 1. The Balaban J connectivity index is 1.87. The lowest BCUT2D eigenvalue weighted by atomic mass is 9.98. The highest BCUT2D eigenvalue weighted by molar-refractivity contribution is 7.89. The summed E-state index contributed by atoms with van der Waals surface area (Å²) in [4.78, 5) is 29.2. The molecule has 1 fully saturated rings. The summed E-state index contributed by atoms with van der Waals surface area (Å²) in [6, 6.07) is 3.66. The fourth-order valence-corrected chi connectivity index (χ4v) is 5.32. The predicted octanol–water partition coefficient (Wildman–Crippen LogP) is 2.10. The number of imidazole rings is 1. The number of hydrogen-bond donors (Lipinski definition) is 1. The third-order valence-corrected chi connectivity index (χ3v) is 7.31. The number of hydrogen-bond acceptors (Lipinski definition) is 7. The minimum atomic E-state index is -4.12. The van der Waals surface area contributed by atoms with E-state index in [1.807, 2.05) is 0 Å². The van der Waals surface area contributed by atoms with Crippen LogP contribution in [0.3, 0.4) is 0 Å². The van der Waals surface area contributed by atoms with Crippen LogP contribution in [-0.4, -0.2) is 59.9 Å². The van der Waals surface area contributed by atoms with Gasteiger partial charge in [-0.1, -0.05) is 18.0 Å². The number of nitrogens with one attached hydrogen (secondary N) is 1. The van der Waals surface area contributed by atoms with Gasteiger partial charge >= 0.3 is 5.95 Å². The van der Waals surface area contributed by atoms with E-state index in [4.69, 9.17) is 4.74 Å². The predicted molar refractivity (Wildman–Crippen MR) is 120 cm³/mol. The van der Waals surface area contributed by atoms with Crippen molar-refractivity contribution in [2.75, 3.05) is 20.2 Å². The van der Waals surface area contributed by atoms with Gasteiger partial charge in [-0.2, -0.15) is 4.72 Å². The molecule has 0 bridgehead atoms. The molecule has 1 aliphatic heterocycles. The molecule has 0 spiro atoms. The van der Waals surface area contributed by atoms with Crippen molar-refractivity contribution in [3.63, 3.8) is 0 Å². The van der Waals surface area contributed by atoms with Crippen LogP contribution in [-0.2, 0) is 21.4 Å². The number of sulfonamides is 1. The lowest BCUT2D eigenvalue weighted by Crippen LogP contribution is -2.51. The second-order valence-corrected chi connectivity index (χ2v) is 9.98. The van der Waals surface area contributed by atoms with Gasteiger partial charge in [0.25, 0.3) is 0 Å². The van der Waals surface area contributed by atoms with Crippen molar-refractivity contribution < 1.29 is 22.9 Å². The maximum atomic E-state index is 13.3. The molecular weight excluding hydrogens is 450 g/mol. The molecule has 33 heavy (non-hydrogen) atoms. The fraction of sp³-hybridized carbons (Fsp3) is 0.524. The standard InChI is InChI=1S/C21H29N5O6S/c1-15-6-10-24(11-7-15)20(27)17(8-12-25-13-9-22-21(25)26(28)29)23-33(30,31)19-14-16(2)4-5-18(19)32-3/h4-5,9,13-15,17,23H,6-8,10-12H2,1-3H3. The van der Waals surface area contributed by atoms with Crippen molar-refractivity contribution in [3.05, 3.63) is 46.3 Å². The van der Waals surface area contributed by atoms with E-state index in [2.05, 4.69) is 16.6 Å². The molecule has 2 aromatic rings. The fourth-order valence-electron chi connectivity index (χ4n) is 3.84. The van der Waals surface area contributed by atoms with Crippen LogP contribution >= 0.6 is 0 Å². The highest BCUT2D eigenvalue weighted by atomic mass is 32.2. The molecule has 12 heteroatoms. The first-order valence-corrected chi connectivity index (χ1v) is 12.2. The summed E-state index contributed by atoms with van der Waals surface area (Å²) < 4.78 is 35.6. The normalized spacial score (nSPS) is 15.9. The Morgan fingerprint density at radius 1 is 1.36 bits per heavy atom. The second kappa shape index (κ2) is 10.3. The highest BCUT2D eigenvalue weighted by Gasteiger charge is 2.33. The lowest BCUT2D eigenvalue weighted by Gasteiger charge is -2.33.